The molecule has 3 rings (SSSR count). The second-order valence-electron chi connectivity index (χ2n) is 5.92. The Balaban J connectivity index is 1.81. The molecule has 0 spiro atoms. The average molecular weight is 373 g/mol. The van der Waals surface area contributed by atoms with Crippen molar-refractivity contribution in [1.29, 1.82) is 0 Å². The summed E-state index contributed by atoms with van der Waals surface area (Å²) in [6, 6.07) is 10.6. The van der Waals surface area contributed by atoms with E-state index in [4.69, 9.17) is 23.7 Å². The SMILES string of the molecule is COc1cc(C(=O)Nc2cccc(C3OCCCO3)c2)cc(OC)c1OC. The van der Waals surface area contributed by atoms with Crippen LogP contribution >= 0.6 is 0 Å². The molecule has 1 saturated heterocycles. The zero-order valence-corrected chi connectivity index (χ0v) is 15.6. The maximum absolute atomic E-state index is 12.7. The van der Waals surface area contributed by atoms with Crippen molar-refractivity contribution >= 4 is 11.6 Å². The summed E-state index contributed by atoms with van der Waals surface area (Å²) in [5, 5.41) is 2.88. The Morgan fingerprint density at radius 1 is 1.00 bits per heavy atom. The van der Waals surface area contributed by atoms with E-state index in [2.05, 4.69) is 5.32 Å². The van der Waals surface area contributed by atoms with E-state index in [-0.39, 0.29) is 5.91 Å². The molecule has 7 nitrogen and oxygen atoms in total. The van der Waals surface area contributed by atoms with E-state index in [1.54, 1.807) is 12.1 Å². The summed E-state index contributed by atoms with van der Waals surface area (Å²) in [5.74, 6) is 0.974. The molecule has 0 aromatic heterocycles. The quantitative estimate of drug-likeness (QED) is 0.836. The van der Waals surface area contributed by atoms with Crippen molar-refractivity contribution in [2.75, 3.05) is 39.9 Å². The van der Waals surface area contributed by atoms with Gasteiger partial charge in [0.2, 0.25) is 5.75 Å². The van der Waals surface area contributed by atoms with Gasteiger partial charge in [0, 0.05) is 16.8 Å². The van der Waals surface area contributed by atoms with Crippen LogP contribution in [0.1, 0.15) is 28.6 Å². The number of ether oxygens (including phenoxy) is 5. The molecule has 0 radical (unpaired) electrons. The molecule has 0 unspecified atom stereocenters. The van der Waals surface area contributed by atoms with Gasteiger partial charge in [-0.25, -0.2) is 0 Å². The molecule has 144 valence electrons. The number of hydrogen-bond donors (Lipinski definition) is 1. The number of carbonyl (C=O) groups is 1. The highest BCUT2D eigenvalue weighted by molar-refractivity contribution is 6.05. The van der Waals surface area contributed by atoms with Gasteiger partial charge < -0.3 is 29.0 Å². The van der Waals surface area contributed by atoms with Gasteiger partial charge in [-0.15, -0.1) is 0 Å². The molecule has 1 aliphatic rings. The predicted octanol–water partition coefficient (Wildman–Crippen LogP) is 3.40. The number of rotatable bonds is 6. The first kappa shape index (κ1) is 19.0. The Labute approximate surface area is 158 Å². The number of amides is 1. The van der Waals surface area contributed by atoms with Crippen LogP contribution in [0, 0.1) is 0 Å². The summed E-state index contributed by atoms with van der Waals surface area (Å²) in [6.45, 7) is 1.32. The normalized spacial score (nSPS) is 14.5. The molecule has 7 heteroatoms. The van der Waals surface area contributed by atoms with Crippen LogP contribution in [0.15, 0.2) is 36.4 Å². The number of anilines is 1. The Bertz CT molecular complexity index is 776. The Hall–Kier alpha value is -2.77. The van der Waals surface area contributed by atoms with Crippen LogP contribution < -0.4 is 19.5 Å². The standard InChI is InChI=1S/C20H23NO6/c1-23-16-11-14(12-17(24-2)18(16)25-3)19(22)21-15-7-4-6-13(10-15)20-26-8-5-9-27-20/h4,6-7,10-12,20H,5,8-9H2,1-3H3,(H,21,22). The van der Waals surface area contributed by atoms with E-state index in [9.17, 15) is 4.79 Å². The van der Waals surface area contributed by atoms with Crippen molar-refractivity contribution in [3.8, 4) is 17.2 Å². The monoisotopic (exact) mass is 373 g/mol. The summed E-state index contributed by atoms with van der Waals surface area (Å²) < 4.78 is 27.1. The molecule has 1 N–H and O–H groups in total. The van der Waals surface area contributed by atoms with Crippen molar-refractivity contribution in [3.05, 3.63) is 47.5 Å². The van der Waals surface area contributed by atoms with Gasteiger partial charge in [0.25, 0.3) is 5.91 Å². The van der Waals surface area contributed by atoms with Crippen LogP contribution in [0.4, 0.5) is 5.69 Å². The van der Waals surface area contributed by atoms with Crippen molar-refractivity contribution in [2.24, 2.45) is 0 Å². The molecule has 0 bridgehead atoms. The molecule has 2 aromatic rings. The van der Waals surface area contributed by atoms with Crippen molar-refractivity contribution in [3.63, 3.8) is 0 Å². The zero-order chi connectivity index (χ0) is 19.2. The Morgan fingerprint density at radius 3 is 2.26 bits per heavy atom. The summed E-state index contributed by atoms with van der Waals surface area (Å²) in [4.78, 5) is 12.7. The highest BCUT2D eigenvalue weighted by Crippen LogP contribution is 2.38. The number of benzene rings is 2. The van der Waals surface area contributed by atoms with Crippen LogP contribution in [0.3, 0.4) is 0 Å². The van der Waals surface area contributed by atoms with E-state index in [0.29, 0.717) is 41.7 Å². The summed E-state index contributed by atoms with van der Waals surface area (Å²) in [7, 11) is 4.53. The van der Waals surface area contributed by atoms with Gasteiger partial charge in [0.15, 0.2) is 17.8 Å². The Kier molecular flexibility index (Phi) is 6.16. The maximum atomic E-state index is 12.7. The predicted molar refractivity (Wildman–Crippen MR) is 99.8 cm³/mol. The summed E-state index contributed by atoms with van der Waals surface area (Å²) in [5.41, 5.74) is 1.89. The molecule has 2 aromatic carbocycles. The Morgan fingerprint density at radius 2 is 1.67 bits per heavy atom. The minimum Gasteiger partial charge on any atom is -0.493 e. The number of hydrogen-bond acceptors (Lipinski definition) is 6. The first-order valence-electron chi connectivity index (χ1n) is 8.60. The van der Waals surface area contributed by atoms with Gasteiger partial charge in [0.05, 0.1) is 34.5 Å². The minimum absolute atomic E-state index is 0.295. The molecular weight excluding hydrogens is 350 g/mol. The molecule has 1 fully saturated rings. The lowest BCUT2D eigenvalue weighted by molar-refractivity contribution is -0.183. The molecule has 1 heterocycles. The second-order valence-corrected chi connectivity index (χ2v) is 5.92. The van der Waals surface area contributed by atoms with E-state index in [1.165, 1.54) is 21.3 Å². The third-order valence-electron chi connectivity index (χ3n) is 4.17. The van der Waals surface area contributed by atoms with E-state index < -0.39 is 6.29 Å². The van der Waals surface area contributed by atoms with Gasteiger partial charge in [0.1, 0.15) is 0 Å². The van der Waals surface area contributed by atoms with E-state index in [1.807, 2.05) is 24.3 Å². The van der Waals surface area contributed by atoms with Crippen molar-refractivity contribution < 1.29 is 28.5 Å². The largest absolute Gasteiger partial charge is 0.493 e. The maximum Gasteiger partial charge on any atom is 0.255 e. The van der Waals surface area contributed by atoms with Crippen LogP contribution in [-0.4, -0.2) is 40.5 Å². The van der Waals surface area contributed by atoms with Gasteiger partial charge >= 0.3 is 0 Å². The fourth-order valence-corrected chi connectivity index (χ4v) is 2.86. The smallest absolute Gasteiger partial charge is 0.255 e. The van der Waals surface area contributed by atoms with Crippen LogP contribution in [0.25, 0.3) is 0 Å². The topological polar surface area (TPSA) is 75.3 Å². The van der Waals surface area contributed by atoms with Crippen LogP contribution in [0.2, 0.25) is 0 Å². The van der Waals surface area contributed by atoms with E-state index >= 15 is 0 Å². The summed E-state index contributed by atoms with van der Waals surface area (Å²) in [6.07, 6.45) is 0.477. The molecule has 27 heavy (non-hydrogen) atoms. The van der Waals surface area contributed by atoms with Gasteiger partial charge in [-0.2, -0.15) is 0 Å². The highest BCUT2D eigenvalue weighted by atomic mass is 16.7. The number of carbonyl (C=O) groups excluding carboxylic acids is 1. The second kappa shape index (κ2) is 8.75. The molecule has 0 saturated carbocycles. The summed E-state index contributed by atoms with van der Waals surface area (Å²) >= 11 is 0. The van der Waals surface area contributed by atoms with E-state index in [0.717, 1.165) is 12.0 Å². The molecule has 1 aliphatic heterocycles. The first-order valence-corrected chi connectivity index (χ1v) is 8.60. The third kappa shape index (κ3) is 4.32. The molecule has 0 atom stereocenters. The number of methoxy groups -OCH3 is 3. The zero-order valence-electron chi connectivity index (χ0n) is 15.6. The lowest BCUT2D eigenvalue weighted by Crippen LogP contribution is -2.18. The fraction of sp³-hybridized carbons (Fsp3) is 0.350. The van der Waals surface area contributed by atoms with Crippen molar-refractivity contribution in [2.45, 2.75) is 12.7 Å². The highest BCUT2D eigenvalue weighted by Gasteiger charge is 2.19. The average Bonchev–Trinajstić information content (AvgIpc) is 2.73. The lowest BCUT2D eigenvalue weighted by Gasteiger charge is -2.23. The fourth-order valence-electron chi connectivity index (χ4n) is 2.86. The van der Waals surface area contributed by atoms with Gasteiger partial charge in [-0.05, 0) is 30.7 Å². The number of nitrogens with one attached hydrogen (secondary N) is 1. The lowest BCUT2D eigenvalue weighted by atomic mass is 10.1. The van der Waals surface area contributed by atoms with Crippen LogP contribution in [-0.2, 0) is 9.47 Å². The molecular formula is C20H23NO6. The first-order chi connectivity index (χ1) is 13.2. The van der Waals surface area contributed by atoms with Crippen LogP contribution in [0.5, 0.6) is 17.2 Å². The third-order valence-corrected chi connectivity index (χ3v) is 4.17. The molecule has 0 aliphatic carbocycles. The minimum atomic E-state index is -0.406. The van der Waals surface area contributed by atoms with Crippen molar-refractivity contribution in [1.82, 2.24) is 0 Å². The molecule has 1 amide bonds. The van der Waals surface area contributed by atoms with Gasteiger partial charge in [-0.1, -0.05) is 12.1 Å². The van der Waals surface area contributed by atoms with Gasteiger partial charge in [-0.3, -0.25) is 4.79 Å².